The molecule has 4 rings (SSSR count). The maximum absolute atomic E-state index is 13.1. The third-order valence-electron chi connectivity index (χ3n) is 6.90. The van der Waals surface area contributed by atoms with Crippen molar-refractivity contribution in [3.63, 3.8) is 0 Å². The highest BCUT2D eigenvalue weighted by atomic mass is 32.2. The quantitative estimate of drug-likeness (QED) is 0.433. The Morgan fingerprint density at radius 3 is 2.43 bits per heavy atom. The molecule has 2 aromatic carbocycles. The van der Waals surface area contributed by atoms with E-state index in [1.165, 1.54) is 28.6 Å². The number of aliphatic imine (C=N–C) groups is 1. The van der Waals surface area contributed by atoms with Crippen molar-refractivity contribution in [1.82, 2.24) is 9.62 Å². The van der Waals surface area contributed by atoms with Crippen molar-refractivity contribution in [3.05, 3.63) is 64.6 Å². The number of carbonyl (C=O) groups is 1. The summed E-state index contributed by atoms with van der Waals surface area (Å²) in [5.74, 6) is -0.850. The van der Waals surface area contributed by atoms with E-state index in [-0.39, 0.29) is 50.5 Å². The zero-order valence-electron chi connectivity index (χ0n) is 22.6. The number of amides is 1. The molecule has 0 bridgehead atoms. The summed E-state index contributed by atoms with van der Waals surface area (Å²) in [7, 11) is -7.53. The molecule has 2 aliphatic rings. The molecule has 228 valence electrons. The van der Waals surface area contributed by atoms with Crippen molar-refractivity contribution in [2.45, 2.75) is 31.7 Å². The lowest BCUT2D eigenvalue weighted by molar-refractivity contribution is -0.274. The van der Waals surface area contributed by atoms with Crippen LogP contribution in [0.15, 0.2) is 52.9 Å². The van der Waals surface area contributed by atoms with Crippen LogP contribution in [-0.4, -0.2) is 82.4 Å². The number of hydrogen-bond acceptors (Lipinski definition) is 8. The van der Waals surface area contributed by atoms with Gasteiger partial charge in [-0.25, -0.2) is 16.8 Å². The number of ether oxygens (including phenoxy) is 1. The Hall–Kier alpha value is -3.47. The van der Waals surface area contributed by atoms with Crippen molar-refractivity contribution < 1.29 is 44.6 Å². The first-order valence-corrected chi connectivity index (χ1v) is 16.0. The second-order valence-electron chi connectivity index (χ2n) is 9.87. The van der Waals surface area contributed by atoms with E-state index in [1.54, 1.807) is 19.1 Å². The number of hydrogen-bond donors (Lipinski definition) is 2. The van der Waals surface area contributed by atoms with Crippen molar-refractivity contribution in [1.29, 1.82) is 0 Å². The molecule has 16 heteroatoms. The third-order valence-corrected chi connectivity index (χ3v) is 9.65. The summed E-state index contributed by atoms with van der Waals surface area (Å²) in [4.78, 5) is 17.3. The molecule has 2 heterocycles. The molecular weight excluding hydrogens is 601 g/mol. The first kappa shape index (κ1) is 31.5. The summed E-state index contributed by atoms with van der Waals surface area (Å²) in [6, 6.07) is 9.71. The SMILES string of the molecule is Cc1cc(N(CCO)S(C)(=O)=O)ccc1C=CS(=O)(=O)N1CCC2(CC1)N=C(c1cccc(OC(F)(F)F)c1)NC2=O. The Balaban J connectivity index is 1.46. The number of anilines is 1. The number of halogens is 3. The van der Waals surface area contributed by atoms with E-state index in [2.05, 4.69) is 15.0 Å². The molecule has 0 radical (unpaired) electrons. The molecule has 2 aromatic rings. The number of alkyl halides is 3. The molecule has 11 nitrogen and oxygen atoms in total. The van der Waals surface area contributed by atoms with Gasteiger partial charge in [-0.05, 0) is 61.2 Å². The maximum Gasteiger partial charge on any atom is 0.573 e. The van der Waals surface area contributed by atoms with E-state index in [9.17, 15) is 39.9 Å². The summed E-state index contributed by atoms with van der Waals surface area (Å²) >= 11 is 0. The van der Waals surface area contributed by atoms with Gasteiger partial charge >= 0.3 is 6.36 Å². The molecule has 0 saturated carbocycles. The molecule has 1 amide bonds. The van der Waals surface area contributed by atoms with Crippen molar-refractivity contribution >= 4 is 43.6 Å². The van der Waals surface area contributed by atoms with Crippen LogP contribution >= 0.6 is 0 Å². The molecule has 0 atom stereocenters. The lowest BCUT2D eigenvalue weighted by Crippen LogP contribution is -2.50. The van der Waals surface area contributed by atoms with Gasteiger partial charge in [-0.15, -0.1) is 13.2 Å². The number of rotatable bonds is 9. The molecule has 1 saturated heterocycles. The number of benzene rings is 2. The van der Waals surface area contributed by atoms with Gasteiger partial charge in [0.2, 0.25) is 20.0 Å². The monoisotopic (exact) mass is 630 g/mol. The Morgan fingerprint density at radius 1 is 1.14 bits per heavy atom. The van der Waals surface area contributed by atoms with E-state index in [4.69, 9.17) is 0 Å². The van der Waals surface area contributed by atoms with Gasteiger partial charge in [0.15, 0.2) is 0 Å². The smallest absolute Gasteiger partial charge is 0.406 e. The Kier molecular flexibility index (Phi) is 8.74. The van der Waals surface area contributed by atoms with E-state index in [0.29, 0.717) is 16.8 Å². The van der Waals surface area contributed by atoms with Crippen LogP contribution in [0.25, 0.3) is 6.08 Å². The first-order valence-electron chi connectivity index (χ1n) is 12.7. The Bertz CT molecular complexity index is 1630. The van der Waals surface area contributed by atoms with Crippen LogP contribution in [0.1, 0.15) is 29.5 Å². The highest BCUT2D eigenvalue weighted by Gasteiger charge is 2.47. The van der Waals surface area contributed by atoms with Gasteiger partial charge in [0.1, 0.15) is 17.1 Å². The van der Waals surface area contributed by atoms with Crippen LogP contribution in [0.4, 0.5) is 18.9 Å². The summed E-state index contributed by atoms with van der Waals surface area (Å²) in [6.07, 6.45) is -2.34. The highest BCUT2D eigenvalue weighted by molar-refractivity contribution is 7.92. The van der Waals surface area contributed by atoms with Crippen molar-refractivity contribution in [3.8, 4) is 5.75 Å². The summed E-state index contributed by atoms with van der Waals surface area (Å²) in [5, 5.41) is 12.8. The molecule has 2 N–H and O–H groups in total. The molecule has 1 spiro atoms. The lowest BCUT2D eigenvalue weighted by Gasteiger charge is -2.34. The van der Waals surface area contributed by atoms with Crippen molar-refractivity contribution in [2.75, 3.05) is 36.8 Å². The number of amidine groups is 1. The largest absolute Gasteiger partial charge is 0.573 e. The predicted molar refractivity (Wildman–Crippen MR) is 150 cm³/mol. The van der Waals surface area contributed by atoms with E-state index in [1.807, 2.05) is 0 Å². The van der Waals surface area contributed by atoms with E-state index < -0.39 is 43.6 Å². The number of sulfonamides is 2. The van der Waals surface area contributed by atoms with Crippen LogP contribution in [0.3, 0.4) is 0 Å². The van der Waals surface area contributed by atoms with E-state index in [0.717, 1.165) is 28.1 Å². The van der Waals surface area contributed by atoms with Gasteiger partial charge in [0, 0.05) is 24.1 Å². The van der Waals surface area contributed by atoms with Gasteiger partial charge in [-0.3, -0.25) is 14.1 Å². The topological polar surface area (TPSA) is 146 Å². The normalized spacial score (nSPS) is 17.9. The minimum absolute atomic E-state index is 0.0174. The number of aryl methyl sites for hydroxylation is 1. The van der Waals surface area contributed by atoms with Crippen LogP contribution in [0, 0.1) is 6.92 Å². The van der Waals surface area contributed by atoms with Crippen LogP contribution < -0.4 is 14.4 Å². The fourth-order valence-electron chi connectivity index (χ4n) is 4.77. The van der Waals surface area contributed by atoms with Gasteiger partial charge in [-0.1, -0.05) is 18.2 Å². The second kappa shape index (κ2) is 11.7. The maximum atomic E-state index is 13.1. The van der Waals surface area contributed by atoms with Crippen LogP contribution in [0.2, 0.25) is 0 Å². The summed E-state index contributed by atoms with van der Waals surface area (Å²) < 4.78 is 94.2. The number of aliphatic hydroxyl groups is 1. The minimum atomic E-state index is -4.88. The molecule has 0 unspecified atom stereocenters. The fraction of sp³-hybridized carbons (Fsp3) is 0.385. The zero-order valence-corrected chi connectivity index (χ0v) is 24.3. The fourth-order valence-corrected chi connectivity index (χ4v) is 6.86. The van der Waals surface area contributed by atoms with E-state index >= 15 is 0 Å². The van der Waals surface area contributed by atoms with Gasteiger partial charge in [0.05, 0.1) is 25.1 Å². The van der Waals surface area contributed by atoms with Gasteiger partial charge < -0.3 is 15.2 Å². The van der Waals surface area contributed by atoms with Gasteiger partial charge in [0.25, 0.3) is 5.91 Å². The number of nitrogens with one attached hydrogen (secondary N) is 1. The van der Waals surface area contributed by atoms with Crippen molar-refractivity contribution in [2.24, 2.45) is 4.99 Å². The molecule has 0 aromatic heterocycles. The number of piperidine rings is 1. The predicted octanol–water partition coefficient (Wildman–Crippen LogP) is 2.36. The Morgan fingerprint density at radius 2 is 1.83 bits per heavy atom. The molecule has 0 aliphatic carbocycles. The molecule has 2 aliphatic heterocycles. The Labute approximate surface area is 241 Å². The number of carbonyl (C=O) groups excluding carboxylic acids is 1. The number of nitrogens with zero attached hydrogens (tertiary/aromatic N) is 3. The average Bonchev–Trinajstić information content (AvgIpc) is 3.20. The lowest BCUT2D eigenvalue weighted by atomic mass is 9.89. The standard InChI is InChI=1S/C26H29F3N4O7S2/c1-18-16-21(33(13-14-34)41(2,36)37)7-6-19(18)8-15-42(38,39)32-11-9-25(10-12-32)24(35)30-23(31-25)20-4-3-5-22(17-20)40-26(27,28)29/h3-8,15-17,34H,9-14H2,1-2H3,(H,30,31,35). The van der Waals surface area contributed by atoms with Gasteiger partial charge in [-0.2, -0.15) is 4.31 Å². The molecule has 42 heavy (non-hydrogen) atoms. The van der Waals surface area contributed by atoms with Crippen LogP contribution in [-0.2, 0) is 24.8 Å². The minimum Gasteiger partial charge on any atom is -0.406 e. The first-order chi connectivity index (χ1) is 19.5. The zero-order chi connectivity index (χ0) is 30.9. The summed E-state index contributed by atoms with van der Waals surface area (Å²) in [5.41, 5.74) is 0.446. The average molecular weight is 631 g/mol. The summed E-state index contributed by atoms with van der Waals surface area (Å²) in [6.45, 7) is 1.16. The van der Waals surface area contributed by atoms with Crippen LogP contribution in [0.5, 0.6) is 5.75 Å². The highest BCUT2D eigenvalue weighted by Crippen LogP contribution is 2.33. The number of aliphatic hydroxyl groups excluding tert-OH is 1. The molecular formula is C26H29F3N4O7S2. The third kappa shape index (κ3) is 7.11. The second-order valence-corrected chi connectivity index (χ2v) is 13.6. The molecule has 1 fully saturated rings.